The fourth-order valence-corrected chi connectivity index (χ4v) is 4.75. The second-order valence-corrected chi connectivity index (χ2v) is 9.60. The molecule has 0 aliphatic carbocycles. The van der Waals surface area contributed by atoms with Gasteiger partial charge in [-0.1, -0.05) is 38.1 Å². The Kier molecular flexibility index (Phi) is 9.43. The quantitative estimate of drug-likeness (QED) is 0.439. The largest absolute Gasteiger partial charge is 0.368 e. The van der Waals surface area contributed by atoms with Gasteiger partial charge in [0, 0.05) is 75.6 Å². The highest BCUT2D eigenvalue weighted by Gasteiger charge is 2.21. The monoisotopic (exact) mass is 514 g/mol. The van der Waals surface area contributed by atoms with Crippen LogP contribution in [0.2, 0.25) is 0 Å². The van der Waals surface area contributed by atoms with Gasteiger partial charge in [-0.2, -0.15) is 0 Å². The molecule has 8 nitrogen and oxygen atoms in total. The van der Waals surface area contributed by atoms with E-state index in [0.29, 0.717) is 12.8 Å². The zero-order chi connectivity index (χ0) is 26.9. The molecule has 8 heteroatoms. The Balaban J connectivity index is 1.30. The average molecular weight is 515 g/mol. The zero-order valence-electron chi connectivity index (χ0n) is 22.7. The molecule has 2 aromatic carbocycles. The van der Waals surface area contributed by atoms with E-state index in [2.05, 4.69) is 58.2 Å². The summed E-state index contributed by atoms with van der Waals surface area (Å²) in [5, 5.41) is 2.78. The smallest absolute Gasteiger partial charge is 0.223 e. The number of hydrogen-bond acceptors (Lipinski definition) is 6. The van der Waals surface area contributed by atoms with E-state index in [-0.39, 0.29) is 11.8 Å². The molecule has 3 aromatic rings. The molecule has 1 saturated heterocycles. The van der Waals surface area contributed by atoms with E-state index in [4.69, 9.17) is 4.98 Å². The van der Waals surface area contributed by atoms with Crippen LogP contribution in [-0.4, -0.2) is 77.4 Å². The second kappa shape index (κ2) is 13.1. The summed E-state index contributed by atoms with van der Waals surface area (Å²) < 4.78 is 0. The van der Waals surface area contributed by atoms with Crippen LogP contribution in [0.25, 0.3) is 11.3 Å². The Bertz CT molecular complexity index is 1200. The molecule has 0 saturated carbocycles. The SMILES string of the molecule is CCN(CC)CCC(=O)N1CCN(c2ccc(Cc3nccc(-c4ccc(NC(C)=O)cc4)n3)cc2)CC1. The van der Waals surface area contributed by atoms with Crippen LogP contribution in [0.3, 0.4) is 0 Å². The Morgan fingerprint density at radius 3 is 2.24 bits per heavy atom. The molecule has 1 fully saturated rings. The number of amides is 2. The summed E-state index contributed by atoms with van der Waals surface area (Å²) >= 11 is 0. The van der Waals surface area contributed by atoms with E-state index in [1.807, 2.05) is 35.2 Å². The lowest BCUT2D eigenvalue weighted by Gasteiger charge is -2.36. The number of anilines is 2. The molecule has 4 rings (SSSR count). The van der Waals surface area contributed by atoms with Crippen LogP contribution in [0.4, 0.5) is 11.4 Å². The van der Waals surface area contributed by atoms with Gasteiger partial charge in [-0.05, 0) is 49.0 Å². The number of nitrogens with one attached hydrogen (secondary N) is 1. The summed E-state index contributed by atoms with van der Waals surface area (Å²) in [4.78, 5) is 39.7. The number of carbonyl (C=O) groups is 2. The van der Waals surface area contributed by atoms with E-state index in [1.165, 1.54) is 12.6 Å². The highest BCUT2D eigenvalue weighted by molar-refractivity contribution is 5.88. The van der Waals surface area contributed by atoms with Crippen molar-refractivity contribution in [2.24, 2.45) is 0 Å². The summed E-state index contributed by atoms with van der Waals surface area (Å²) in [5.74, 6) is 0.933. The number of aromatic nitrogens is 2. The van der Waals surface area contributed by atoms with Crippen molar-refractivity contribution in [2.45, 2.75) is 33.6 Å². The molecule has 1 aliphatic heterocycles. The molecule has 0 atom stereocenters. The molecule has 0 spiro atoms. The van der Waals surface area contributed by atoms with E-state index in [9.17, 15) is 9.59 Å². The minimum Gasteiger partial charge on any atom is -0.368 e. The number of piperazine rings is 1. The van der Waals surface area contributed by atoms with Gasteiger partial charge in [0.25, 0.3) is 0 Å². The maximum absolute atomic E-state index is 12.6. The van der Waals surface area contributed by atoms with Gasteiger partial charge >= 0.3 is 0 Å². The molecule has 1 aromatic heterocycles. The zero-order valence-corrected chi connectivity index (χ0v) is 22.7. The number of carbonyl (C=O) groups excluding carboxylic acids is 2. The van der Waals surface area contributed by atoms with Crippen LogP contribution in [0, 0.1) is 0 Å². The van der Waals surface area contributed by atoms with Crippen LogP contribution >= 0.6 is 0 Å². The first-order valence-corrected chi connectivity index (χ1v) is 13.5. The molecule has 200 valence electrons. The van der Waals surface area contributed by atoms with Crippen molar-refractivity contribution in [3.05, 3.63) is 72.2 Å². The number of nitrogens with zero attached hydrogens (tertiary/aromatic N) is 5. The highest BCUT2D eigenvalue weighted by atomic mass is 16.2. The van der Waals surface area contributed by atoms with Gasteiger partial charge in [-0.3, -0.25) is 9.59 Å². The maximum atomic E-state index is 12.6. The van der Waals surface area contributed by atoms with Crippen molar-refractivity contribution in [2.75, 3.05) is 56.0 Å². The predicted octanol–water partition coefficient (Wildman–Crippen LogP) is 4.07. The third-order valence-corrected chi connectivity index (χ3v) is 7.04. The van der Waals surface area contributed by atoms with Crippen LogP contribution in [-0.2, 0) is 16.0 Å². The summed E-state index contributed by atoms with van der Waals surface area (Å²) in [6, 6.07) is 18.1. The summed E-state index contributed by atoms with van der Waals surface area (Å²) in [6.45, 7) is 11.8. The van der Waals surface area contributed by atoms with E-state index >= 15 is 0 Å². The van der Waals surface area contributed by atoms with Crippen molar-refractivity contribution in [3.8, 4) is 11.3 Å². The van der Waals surface area contributed by atoms with Crippen LogP contribution in [0.15, 0.2) is 60.8 Å². The first kappa shape index (κ1) is 27.3. The normalized spacial score (nSPS) is 13.6. The van der Waals surface area contributed by atoms with Gasteiger partial charge in [0.15, 0.2) is 0 Å². The van der Waals surface area contributed by atoms with Crippen LogP contribution in [0.1, 0.15) is 38.6 Å². The minimum absolute atomic E-state index is 0.0909. The highest BCUT2D eigenvalue weighted by Crippen LogP contribution is 2.22. The number of hydrogen-bond donors (Lipinski definition) is 1. The van der Waals surface area contributed by atoms with Gasteiger partial charge in [0.1, 0.15) is 5.82 Å². The molecular weight excluding hydrogens is 476 g/mol. The number of benzene rings is 2. The van der Waals surface area contributed by atoms with Crippen LogP contribution in [0.5, 0.6) is 0 Å². The Hall–Kier alpha value is -3.78. The molecular formula is C30H38N6O2. The molecule has 1 aliphatic rings. The van der Waals surface area contributed by atoms with Crippen molar-refractivity contribution < 1.29 is 9.59 Å². The van der Waals surface area contributed by atoms with Gasteiger partial charge in [-0.25, -0.2) is 9.97 Å². The Morgan fingerprint density at radius 1 is 0.921 bits per heavy atom. The van der Waals surface area contributed by atoms with Gasteiger partial charge < -0.3 is 20.0 Å². The maximum Gasteiger partial charge on any atom is 0.223 e. The fraction of sp³-hybridized carbons (Fsp3) is 0.400. The molecule has 1 N–H and O–H groups in total. The first-order valence-electron chi connectivity index (χ1n) is 13.5. The third kappa shape index (κ3) is 7.38. The number of rotatable bonds is 10. The van der Waals surface area contributed by atoms with E-state index < -0.39 is 0 Å². The predicted molar refractivity (Wildman–Crippen MR) is 152 cm³/mol. The Labute approximate surface area is 225 Å². The van der Waals surface area contributed by atoms with Crippen molar-refractivity contribution in [3.63, 3.8) is 0 Å². The lowest BCUT2D eigenvalue weighted by molar-refractivity contribution is -0.131. The van der Waals surface area contributed by atoms with Gasteiger partial charge in [0.2, 0.25) is 11.8 Å². The molecule has 0 bridgehead atoms. The molecule has 2 amide bonds. The molecule has 0 radical (unpaired) electrons. The van der Waals surface area contributed by atoms with Crippen molar-refractivity contribution in [1.29, 1.82) is 0 Å². The van der Waals surface area contributed by atoms with E-state index in [1.54, 1.807) is 6.20 Å². The average Bonchev–Trinajstić information content (AvgIpc) is 2.94. The van der Waals surface area contributed by atoms with Crippen LogP contribution < -0.4 is 10.2 Å². The molecule has 0 unspecified atom stereocenters. The first-order chi connectivity index (χ1) is 18.4. The van der Waals surface area contributed by atoms with Gasteiger partial charge in [0.05, 0.1) is 5.69 Å². The standard InChI is InChI=1S/C30H38N6O2/c1-4-34(5-2)17-15-30(38)36-20-18-35(19-21-36)27-12-6-24(7-13-27)22-29-31-16-14-28(33-29)25-8-10-26(11-9-25)32-23(3)37/h6-14,16H,4-5,15,17-22H2,1-3H3,(H,32,37). The van der Waals surface area contributed by atoms with Crippen molar-refractivity contribution in [1.82, 2.24) is 19.8 Å². The molecule has 38 heavy (non-hydrogen) atoms. The Morgan fingerprint density at radius 2 is 1.61 bits per heavy atom. The molecule has 2 heterocycles. The summed E-state index contributed by atoms with van der Waals surface area (Å²) in [5.41, 5.74) is 4.92. The fourth-order valence-electron chi connectivity index (χ4n) is 4.75. The minimum atomic E-state index is -0.0909. The second-order valence-electron chi connectivity index (χ2n) is 9.60. The van der Waals surface area contributed by atoms with Crippen molar-refractivity contribution >= 4 is 23.2 Å². The lowest BCUT2D eigenvalue weighted by Crippen LogP contribution is -2.49. The lowest BCUT2D eigenvalue weighted by atomic mass is 10.1. The van der Waals surface area contributed by atoms with E-state index in [0.717, 1.165) is 74.1 Å². The van der Waals surface area contributed by atoms with Gasteiger partial charge in [-0.15, -0.1) is 0 Å². The topological polar surface area (TPSA) is 81.7 Å². The summed E-state index contributed by atoms with van der Waals surface area (Å²) in [6.07, 6.45) is 3.03. The third-order valence-electron chi connectivity index (χ3n) is 7.04. The summed E-state index contributed by atoms with van der Waals surface area (Å²) in [7, 11) is 0.